The van der Waals surface area contributed by atoms with Gasteiger partial charge in [-0.05, 0) is 20.2 Å². The van der Waals surface area contributed by atoms with Crippen molar-refractivity contribution in [3.8, 4) is 0 Å². The fourth-order valence-corrected chi connectivity index (χ4v) is 1.22. The zero-order valence-electron chi connectivity index (χ0n) is 8.00. The summed E-state index contributed by atoms with van der Waals surface area (Å²) >= 11 is 0. The number of hydrogen-bond acceptors (Lipinski definition) is 2. The van der Waals surface area contributed by atoms with E-state index in [4.69, 9.17) is 5.73 Å². The van der Waals surface area contributed by atoms with Crippen LogP contribution in [0.15, 0.2) is 24.3 Å². The van der Waals surface area contributed by atoms with Gasteiger partial charge in [0.25, 0.3) is 0 Å². The summed E-state index contributed by atoms with van der Waals surface area (Å²) in [5.74, 6) is 0. The van der Waals surface area contributed by atoms with Gasteiger partial charge in [0.05, 0.1) is 0 Å². The number of halogens is 1. The van der Waals surface area contributed by atoms with Crippen molar-refractivity contribution < 1.29 is 4.39 Å². The maximum absolute atomic E-state index is 13.5. The van der Waals surface area contributed by atoms with Gasteiger partial charge in [-0.3, -0.25) is 0 Å². The van der Waals surface area contributed by atoms with Crippen LogP contribution < -0.4 is 5.73 Å². The SMILES string of the molecule is CN(C)CC(F)c1ccccc1N. The Morgan fingerprint density at radius 3 is 2.54 bits per heavy atom. The number of benzene rings is 1. The smallest absolute Gasteiger partial charge is 0.140 e. The van der Waals surface area contributed by atoms with Gasteiger partial charge in [0.1, 0.15) is 6.17 Å². The number of nitrogen functional groups attached to an aromatic ring is 1. The molecule has 3 heteroatoms. The summed E-state index contributed by atoms with van der Waals surface area (Å²) in [5.41, 5.74) is 6.74. The van der Waals surface area contributed by atoms with Crippen molar-refractivity contribution in [1.29, 1.82) is 0 Å². The molecule has 2 nitrogen and oxygen atoms in total. The second-order valence-corrected chi connectivity index (χ2v) is 3.36. The Balaban J connectivity index is 2.76. The van der Waals surface area contributed by atoms with Crippen molar-refractivity contribution in [2.75, 3.05) is 26.4 Å². The summed E-state index contributed by atoms with van der Waals surface area (Å²) < 4.78 is 13.5. The Labute approximate surface area is 78.2 Å². The number of alkyl halides is 1. The first kappa shape index (κ1) is 9.99. The van der Waals surface area contributed by atoms with Gasteiger partial charge in [0.2, 0.25) is 0 Å². The van der Waals surface area contributed by atoms with Crippen LogP contribution in [0.3, 0.4) is 0 Å². The lowest BCUT2D eigenvalue weighted by molar-refractivity contribution is 0.252. The Hall–Kier alpha value is -1.09. The molecular formula is C10H15FN2. The minimum Gasteiger partial charge on any atom is -0.398 e. The maximum atomic E-state index is 13.5. The van der Waals surface area contributed by atoms with Gasteiger partial charge in [0.15, 0.2) is 0 Å². The summed E-state index contributed by atoms with van der Waals surface area (Å²) in [4.78, 5) is 1.80. The molecule has 0 saturated heterocycles. The molecule has 2 N–H and O–H groups in total. The van der Waals surface area contributed by atoms with Crippen LogP contribution >= 0.6 is 0 Å². The first-order valence-electron chi connectivity index (χ1n) is 4.24. The minimum atomic E-state index is -1.00. The molecule has 0 spiro atoms. The van der Waals surface area contributed by atoms with E-state index >= 15 is 0 Å². The number of nitrogens with zero attached hydrogens (tertiary/aromatic N) is 1. The molecule has 0 saturated carbocycles. The van der Waals surface area contributed by atoms with E-state index in [-0.39, 0.29) is 0 Å². The van der Waals surface area contributed by atoms with Gasteiger partial charge < -0.3 is 10.6 Å². The zero-order valence-corrected chi connectivity index (χ0v) is 8.00. The van der Waals surface area contributed by atoms with E-state index in [2.05, 4.69) is 0 Å². The maximum Gasteiger partial charge on any atom is 0.140 e. The van der Waals surface area contributed by atoms with E-state index in [1.165, 1.54) is 0 Å². The average molecular weight is 182 g/mol. The van der Waals surface area contributed by atoms with Gasteiger partial charge in [0, 0.05) is 17.8 Å². The number of anilines is 1. The topological polar surface area (TPSA) is 29.3 Å². The fraction of sp³-hybridized carbons (Fsp3) is 0.400. The van der Waals surface area contributed by atoms with E-state index in [0.717, 1.165) is 0 Å². The quantitative estimate of drug-likeness (QED) is 0.723. The van der Waals surface area contributed by atoms with Crippen LogP contribution in [0.4, 0.5) is 10.1 Å². The van der Waals surface area contributed by atoms with Crippen LogP contribution in [0.1, 0.15) is 11.7 Å². The molecule has 13 heavy (non-hydrogen) atoms. The first-order valence-corrected chi connectivity index (χ1v) is 4.24. The van der Waals surface area contributed by atoms with E-state index in [1.807, 2.05) is 14.1 Å². The Kier molecular flexibility index (Phi) is 3.25. The van der Waals surface area contributed by atoms with Crippen LogP contribution in [0.5, 0.6) is 0 Å². The molecule has 1 rings (SSSR count). The van der Waals surface area contributed by atoms with Crippen molar-refractivity contribution in [2.24, 2.45) is 0 Å². The number of nitrogens with two attached hydrogens (primary N) is 1. The Bertz CT molecular complexity index is 273. The molecule has 0 aliphatic rings. The van der Waals surface area contributed by atoms with Crippen LogP contribution in [0.2, 0.25) is 0 Å². The molecule has 0 radical (unpaired) electrons. The van der Waals surface area contributed by atoms with Crippen LogP contribution in [-0.2, 0) is 0 Å². The molecule has 1 atom stereocenters. The van der Waals surface area contributed by atoms with E-state index in [9.17, 15) is 4.39 Å². The standard InChI is InChI=1S/C10H15FN2/c1-13(2)7-9(11)8-5-3-4-6-10(8)12/h3-6,9H,7,12H2,1-2H3. The van der Waals surface area contributed by atoms with Gasteiger partial charge in [-0.2, -0.15) is 0 Å². The van der Waals surface area contributed by atoms with Crippen molar-refractivity contribution in [2.45, 2.75) is 6.17 Å². The summed E-state index contributed by atoms with van der Waals surface area (Å²) in [6, 6.07) is 7.05. The minimum absolute atomic E-state index is 0.369. The highest BCUT2D eigenvalue weighted by molar-refractivity contribution is 5.47. The second-order valence-electron chi connectivity index (χ2n) is 3.36. The fourth-order valence-electron chi connectivity index (χ4n) is 1.22. The lowest BCUT2D eigenvalue weighted by atomic mass is 10.1. The Morgan fingerprint density at radius 2 is 2.00 bits per heavy atom. The van der Waals surface area contributed by atoms with Gasteiger partial charge in [-0.1, -0.05) is 18.2 Å². The molecule has 0 amide bonds. The van der Waals surface area contributed by atoms with Crippen molar-refractivity contribution in [3.63, 3.8) is 0 Å². The molecule has 0 aliphatic carbocycles. The van der Waals surface area contributed by atoms with Crippen molar-refractivity contribution in [3.05, 3.63) is 29.8 Å². The number of para-hydroxylation sites is 1. The number of hydrogen-bond donors (Lipinski definition) is 1. The zero-order chi connectivity index (χ0) is 9.84. The number of rotatable bonds is 3. The summed E-state index contributed by atoms with van der Waals surface area (Å²) in [5, 5.41) is 0. The van der Waals surface area contributed by atoms with Gasteiger partial charge in [-0.15, -0.1) is 0 Å². The van der Waals surface area contributed by atoms with Crippen LogP contribution in [-0.4, -0.2) is 25.5 Å². The largest absolute Gasteiger partial charge is 0.398 e. The molecule has 72 valence electrons. The highest BCUT2D eigenvalue weighted by Gasteiger charge is 2.12. The molecule has 1 aromatic carbocycles. The molecular weight excluding hydrogens is 167 g/mol. The van der Waals surface area contributed by atoms with Crippen LogP contribution in [0.25, 0.3) is 0 Å². The molecule has 0 heterocycles. The predicted molar refractivity (Wildman–Crippen MR) is 53.3 cm³/mol. The third-order valence-corrected chi connectivity index (χ3v) is 1.86. The third-order valence-electron chi connectivity index (χ3n) is 1.86. The average Bonchev–Trinajstić information content (AvgIpc) is 2.03. The summed E-state index contributed by atoms with van der Waals surface area (Å²) in [6.45, 7) is 0.369. The lowest BCUT2D eigenvalue weighted by Crippen LogP contribution is -2.18. The second kappa shape index (κ2) is 4.23. The molecule has 1 unspecified atom stereocenters. The Morgan fingerprint density at radius 1 is 1.38 bits per heavy atom. The molecule has 0 fully saturated rings. The van der Waals surface area contributed by atoms with E-state index in [1.54, 1.807) is 29.2 Å². The highest BCUT2D eigenvalue weighted by Crippen LogP contribution is 2.23. The third kappa shape index (κ3) is 2.70. The first-order chi connectivity index (χ1) is 6.11. The summed E-state index contributed by atoms with van der Waals surface area (Å²) in [7, 11) is 3.68. The predicted octanol–water partition coefficient (Wildman–Crippen LogP) is 1.84. The lowest BCUT2D eigenvalue weighted by Gasteiger charge is -2.15. The molecule has 0 aliphatic heterocycles. The van der Waals surface area contributed by atoms with Gasteiger partial charge in [-0.25, -0.2) is 4.39 Å². The van der Waals surface area contributed by atoms with Crippen molar-refractivity contribution >= 4 is 5.69 Å². The summed E-state index contributed by atoms with van der Waals surface area (Å²) in [6.07, 6.45) is -1.00. The molecule has 0 aromatic heterocycles. The number of likely N-dealkylation sites (N-methyl/N-ethyl adjacent to an activating group) is 1. The van der Waals surface area contributed by atoms with E-state index in [0.29, 0.717) is 17.8 Å². The van der Waals surface area contributed by atoms with Gasteiger partial charge >= 0.3 is 0 Å². The van der Waals surface area contributed by atoms with Crippen molar-refractivity contribution in [1.82, 2.24) is 4.90 Å². The molecule has 0 bridgehead atoms. The molecule has 1 aromatic rings. The highest BCUT2D eigenvalue weighted by atomic mass is 19.1. The normalized spacial score (nSPS) is 13.2. The van der Waals surface area contributed by atoms with Crippen LogP contribution in [0, 0.1) is 0 Å². The van der Waals surface area contributed by atoms with E-state index < -0.39 is 6.17 Å². The monoisotopic (exact) mass is 182 g/mol.